The Balaban J connectivity index is 1.44. The summed E-state index contributed by atoms with van der Waals surface area (Å²) in [7, 11) is 1.82. The largest absolute Gasteiger partial charge is 0.338 e. The molecule has 1 saturated carbocycles. The fourth-order valence-electron chi connectivity index (χ4n) is 2.47. The minimum absolute atomic E-state index is 0.170. The Labute approximate surface area is 118 Å². The number of hydrogen-bond donors (Lipinski definition) is 2. The van der Waals surface area contributed by atoms with Gasteiger partial charge >= 0.3 is 6.03 Å². The van der Waals surface area contributed by atoms with Gasteiger partial charge in [0, 0.05) is 19.8 Å². The fraction of sp³-hybridized carbons (Fsp3) is 0.333. The molecule has 1 heterocycles. The summed E-state index contributed by atoms with van der Waals surface area (Å²) in [4.78, 5) is 11.7. The van der Waals surface area contributed by atoms with Gasteiger partial charge in [-0.1, -0.05) is 30.3 Å². The number of benzene rings is 1. The molecular weight excluding hydrogens is 252 g/mol. The first-order chi connectivity index (χ1) is 9.72. The minimum Gasteiger partial charge on any atom is -0.338 e. The molecule has 2 atom stereocenters. The van der Waals surface area contributed by atoms with E-state index in [4.69, 9.17) is 0 Å². The lowest BCUT2D eigenvalue weighted by atomic mass is 10.1. The SMILES string of the molecule is Cn1cc(NC(=O)NC[C@H]2C[C@H]2c2ccccc2)cn1. The van der Waals surface area contributed by atoms with Gasteiger partial charge in [-0.15, -0.1) is 0 Å². The summed E-state index contributed by atoms with van der Waals surface area (Å²) in [5.74, 6) is 1.15. The van der Waals surface area contributed by atoms with E-state index in [0.717, 1.165) is 6.42 Å². The van der Waals surface area contributed by atoms with Crippen molar-refractivity contribution in [2.75, 3.05) is 11.9 Å². The predicted molar refractivity (Wildman–Crippen MR) is 77.5 cm³/mol. The molecule has 1 aromatic heterocycles. The molecule has 1 aromatic carbocycles. The Bertz CT molecular complexity index is 593. The summed E-state index contributed by atoms with van der Waals surface area (Å²) in [6.07, 6.45) is 4.55. The van der Waals surface area contributed by atoms with E-state index in [1.165, 1.54) is 5.56 Å². The Morgan fingerprint density at radius 1 is 1.40 bits per heavy atom. The fourth-order valence-corrected chi connectivity index (χ4v) is 2.47. The van der Waals surface area contributed by atoms with Gasteiger partial charge in [0.05, 0.1) is 11.9 Å². The number of hydrogen-bond acceptors (Lipinski definition) is 2. The van der Waals surface area contributed by atoms with Crippen LogP contribution in [0.15, 0.2) is 42.7 Å². The quantitative estimate of drug-likeness (QED) is 0.896. The van der Waals surface area contributed by atoms with E-state index in [1.807, 2.05) is 13.1 Å². The molecule has 0 saturated heterocycles. The van der Waals surface area contributed by atoms with Crippen LogP contribution >= 0.6 is 0 Å². The maximum Gasteiger partial charge on any atom is 0.319 e. The molecular formula is C15H18N4O. The summed E-state index contributed by atoms with van der Waals surface area (Å²) in [5, 5.41) is 9.69. The molecule has 2 N–H and O–H groups in total. The lowest BCUT2D eigenvalue weighted by Gasteiger charge is -2.05. The normalized spacial score (nSPS) is 20.4. The molecule has 5 heteroatoms. The van der Waals surface area contributed by atoms with Crippen LogP contribution in [0.1, 0.15) is 17.9 Å². The Hall–Kier alpha value is -2.30. The number of carbonyl (C=O) groups is 1. The van der Waals surface area contributed by atoms with Crippen molar-refractivity contribution in [2.24, 2.45) is 13.0 Å². The number of rotatable bonds is 4. The summed E-state index contributed by atoms with van der Waals surface area (Å²) in [6.45, 7) is 0.714. The molecule has 0 aliphatic heterocycles. The third-order valence-corrected chi connectivity index (χ3v) is 3.64. The number of nitrogens with one attached hydrogen (secondary N) is 2. The molecule has 1 fully saturated rings. The van der Waals surface area contributed by atoms with Crippen LogP contribution in [-0.2, 0) is 7.05 Å². The first kappa shape index (κ1) is 12.7. The summed E-state index contributed by atoms with van der Waals surface area (Å²) in [6, 6.07) is 10.3. The first-order valence-corrected chi connectivity index (χ1v) is 6.81. The maximum atomic E-state index is 11.7. The minimum atomic E-state index is -0.170. The van der Waals surface area contributed by atoms with Gasteiger partial charge in [-0.2, -0.15) is 5.10 Å². The molecule has 0 unspecified atom stereocenters. The van der Waals surface area contributed by atoms with E-state index in [-0.39, 0.29) is 6.03 Å². The van der Waals surface area contributed by atoms with Crippen LogP contribution in [0.3, 0.4) is 0 Å². The van der Waals surface area contributed by atoms with Crippen LogP contribution in [0.2, 0.25) is 0 Å². The van der Waals surface area contributed by atoms with Crippen LogP contribution < -0.4 is 10.6 Å². The van der Waals surface area contributed by atoms with E-state index < -0.39 is 0 Å². The van der Waals surface area contributed by atoms with Crippen molar-refractivity contribution >= 4 is 11.7 Å². The van der Waals surface area contributed by atoms with Crippen molar-refractivity contribution in [2.45, 2.75) is 12.3 Å². The Morgan fingerprint density at radius 3 is 2.90 bits per heavy atom. The number of aromatic nitrogens is 2. The first-order valence-electron chi connectivity index (χ1n) is 6.81. The van der Waals surface area contributed by atoms with Crippen LogP contribution in [0.4, 0.5) is 10.5 Å². The van der Waals surface area contributed by atoms with E-state index in [2.05, 4.69) is 40.0 Å². The van der Waals surface area contributed by atoms with Crippen molar-refractivity contribution in [3.8, 4) is 0 Å². The lowest BCUT2D eigenvalue weighted by Crippen LogP contribution is -2.30. The van der Waals surface area contributed by atoms with Crippen molar-refractivity contribution < 1.29 is 4.79 Å². The topological polar surface area (TPSA) is 59.0 Å². The molecule has 5 nitrogen and oxygen atoms in total. The molecule has 2 aromatic rings. The highest BCUT2D eigenvalue weighted by molar-refractivity contribution is 5.88. The maximum absolute atomic E-state index is 11.7. The van der Waals surface area contributed by atoms with Crippen LogP contribution in [0.25, 0.3) is 0 Å². The van der Waals surface area contributed by atoms with Crippen molar-refractivity contribution in [1.82, 2.24) is 15.1 Å². The van der Waals surface area contributed by atoms with Crippen molar-refractivity contribution in [3.63, 3.8) is 0 Å². The zero-order chi connectivity index (χ0) is 13.9. The number of amides is 2. The van der Waals surface area contributed by atoms with E-state index in [1.54, 1.807) is 17.1 Å². The number of urea groups is 1. The second-order valence-electron chi connectivity index (χ2n) is 5.25. The van der Waals surface area contributed by atoms with Gasteiger partial charge in [0.2, 0.25) is 0 Å². The molecule has 1 aliphatic carbocycles. The van der Waals surface area contributed by atoms with Gasteiger partial charge in [0.15, 0.2) is 0 Å². The van der Waals surface area contributed by atoms with Gasteiger partial charge < -0.3 is 10.6 Å². The monoisotopic (exact) mass is 270 g/mol. The highest BCUT2D eigenvalue weighted by Gasteiger charge is 2.37. The standard InChI is InChI=1S/C15H18N4O/c1-19-10-13(9-17-19)18-15(20)16-8-12-7-14(12)11-5-3-2-4-6-11/h2-6,9-10,12,14H,7-8H2,1H3,(H2,16,18,20)/t12-,14+/m1/s1. The average molecular weight is 270 g/mol. The molecule has 1 aliphatic rings. The van der Waals surface area contributed by atoms with Gasteiger partial charge in [0.1, 0.15) is 0 Å². The third kappa shape index (κ3) is 2.99. The Kier molecular flexibility index (Phi) is 3.41. The number of aryl methyl sites for hydroxylation is 1. The van der Waals surface area contributed by atoms with Crippen molar-refractivity contribution in [3.05, 3.63) is 48.3 Å². The second kappa shape index (κ2) is 5.36. The van der Waals surface area contributed by atoms with Crippen molar-refractivity contribution in [1.29, 1.82) is 0 Å². The molecule has 20 heavy (non-hydrogen) atoms. The molecule has 3 rings (SSSR count). The third-order valence-electron chi connectivity index (χ3n) is 3.64. The lowest BCUT2D eigenvalue weighted by molar-refractivity contribution is 0.251. The molecule has 0 spiro atoms. The number of nitrogens with zero attached hydrogens (tertiary/aromatic N) is 2. The highest BCUT2D eigenvalue weighted by atomic mass is 16.2. The van der Waals surface area contributed by atoms with E-state index >= 15 is 0 Å². The van der Waals surface area contributed by atoms with Crippen LogP contribution in [-0.4, -0.2) is 22.4 Å². The summed E-state index contributed by atoms with van der Waals surface area (Å²) < 4.78 is 1.65. The molecule has 0 bridgehead atoms. The Morgan fingerprint density at radius 2 is 2.20 bits per heavy atom. The molecule has 0 radical (unpaired) electrons. The summed E-state index contributed by atoms with van der Waals surface area (Å²) >= 11 is 0. The molecule has 2 amide bonds. The van der Waals surface area contributed by atoms with Gasteiger partial charge in [-0.05, 0) is 23.8 Å². The van der Waals surface area contributed by atoms with Gasteiger partial charge in [-0.25, -0.2) is 4.79 Å². The zero-order valence-corrected chi connectivity index (χ0v) is 11.4. The number of anilines is 1. The van der Waals surface area contributed by atoms with Gasteiger partial charge in [0.25, 0.3) is 0 Å². The molecule has 104 valence electrons. The highest BCUT2D eigenvalue weighted by Crippen LogP contribution is 2.46. The van der Waals surface area contributed by atoms with Gasteiger partial charge in [-0.3, -0.25) is 4.68 Å². The summed E-state index contributed by atoms with van der Waals surface area (Å²) in [5.41, 5.74) is 2.08. The number of carbonyl (C=O) groups excluding carboxylic acids is 1. The van der Waals surface area contributed by atoms with E-state index in [9.17, 15) is 4.79 Å². The second-order valence-corrected chi connectivity index (χ2v) is 5.25. The van der Waals surface area contributed by atoms with E-state index in [0.29, 0.717) is 24.1 Å². The average Bonchev–Trinajstić information content (AvgIpc) is 3.13. The smallest absolute Gasteiger partial charge is 0.319 e. The zero-order valence-electron chi connectivity index (χ0n) is 11.4. The van der Waals surface area contributed by atoms with Crippen LogP contribution in [0.5, 0.6) is 0 Å². The van der Waals surface area contributed by atoms with Crippen LogP contribution in [0, 0.1) is 5.92 Å². The predicted octanol–water partition coefficient (Wildman–Crippen LogP) is 2.35.